The average molecular weight is 716 g/mol. The fraction of sp³-hybridized carbons (Fsp3) is 0.158. The van der Waals surface area contributed by atoms with Gasteiger partial charge >= 0.3 is 11.9 Å². The first-order valence-electron chi connectivity index (χ1n) is 15.8. The number of thiophene rings is 2. The molecule has 4 aromatic rings. The molecule has 252 valence electrons. The lowest BCUT2D eigenvalue weighted by molar-refractivity contribution is -0.133. The quantitative estimate of drug-likeness (QED) is 0.146. The van der Waals surface area contributed by atoms with Crippen LogP contribution in [0.2, 0.25) is 0 Å². The summed E-state index contributed by atoms with van der Waals surface area (Å²) in [4.78, 5) is 28.1. The van der Waals surface area contributed by atoms with Crippen LogP contribution in [0.15, 0.2) is 77.9 Å². The van der Waals surface area contributed by atoms with Crippen molar-refractivity contribution in [1.29, 1.82) is 10.5 Å². The number of anilines is 2. The molecule has 3 aliphatic heterocycles. The van der Waals surface area contributed by atoms with E-state index in [1.165, 1.54) is 34.8 Å². The number of carbonyl (C=O) groups is 2. The number of hydrogen-bond acceptors (Lipinski definition) is 11. The maximum atomic E-state index is 11.7. The zero-order valence-electron chi connectivity index (χ0n) is 26.5. The molecule has 2 aromatic carbocycles. The number of nitrogens with zero attached hydrogens (tertiary/aromatic N) is 3. The molecular weight excluding hydrogens is 691 g/mol. The number of allylic oxidation sites excluding steroid dienone is 2. The Balaban J connectivity index is 1.26. The highest BCUT2D eigenvalue weighted by Crippen LogP contribution is 2.56. The Morgan fingerprint density at radius 2 is 1.35 bits per heavy atom. The number of hydrogen-bond donors (Lipinski definition) is 2. The van der Waals surface area contributed by atoms with Gasteiger partial charge in [-0.1, -0.05) is 42.5 Å². The molecule has 11 nitrogen and oxygen atoms in total. The van der Waals surface area contributed by atoms with Gasteiger partial charge in [0.25, 0.3) is 0 Å². The molecule has 0 fully saturated rings. The molecule has 1 aliphatic carbocycles. The van der Waals surface area contributed by atoms with E-state index in [-0.39, 0.29) is 12.0 Å². The molecule has 0 saturated carbocycles. The van der Waals surface area contributed by atoms with E-state index in [9.17, 15) is 30.3 Å². The molecule has 0 bridgehead atoms. The van der Waals surface area contributed by atoms with Gasteiger partial charge in [-0.2, -0.15) is 10.5 Å². The predicted octanol–water partition coefficient (Wildman–Crippen LogP) is 7.26. The summed E-state index contributed by atoms with van der Waals surface area (Å²) in [5.41, 5.74) is 3.99. The summed E-state index contributed by atoms with van der Waals surface area (Å²) in [5.74, 6) is -0.910. The number of fused-ring (bicyclic) bond motifs is 5. The van der Waals surface area contributed by atoms with Crippen molar-refractivity contribution in [1.82, 2.24) is 0 Å². The minimum absolute atomic E-state index is 0.0741. The summed E-state index contributed by atoms with van der Waals surface area (Å²) in [5, 5.41) is 37.9. The highest BCUT2D eigenvalue weighted by molar-refractivity contribution is 7.17. The maximum absolute atomic E-state index is 11.7. The first kappa shape index (κ1) is 32.0. The number of aliphatic carboxylic acids is 2. The van der Waals surface area contributed by atoms with Crippen molar-refractivity contribution in [2.45, 2.75) is 12.0 Å². The number of nitriles is 2. The topological polar surface area (TPSA) is 162 Å². The van der Waals surface area contributed by atoms with Gasteiger partial charge in [0.15, 0.2) is 23.0 Å². The van der Waals surface area contributed by atoms with Crippen molar-refractivity contribution in [2.24, 2.45) is 0 Å². The van der Waals surface area contributed by atoms with Crippen molar-refractivity contribution in [3.63, 3.8) is 0 Å². The minimum atomic E-state index is -1.32. The third-order valence-electron chi connectivity index (χ3n) is 8.80. The van der Waals surface area contributed by atoms with Crippen molar-refractivity contribution in [3.05, 3.63) is 98.1 Å². The highest BCUT2D eigenvalue weighted by atomic mass is 32.1. The smallest absolute Gasteiger partial charge is 0.346 e. The van der Waals surface area contributed by atoms with E-state index >= 15 is 0 Å². The number of benzene rings is 2. The van der Waals surface area contributed by atoms with Gasteiger partial charge in [0.2, 0.25) is 0 Å². The summed E-state index contributed by atoms with van der Waals surface area (Å²) >= 11 is 2.61. The number of carboxylic acids is 2. The molecule has 5 heterocycles. The van der Waals surface area contributed by atoms with E-state index in [1.807, 2.05) is 30.3 Å². The minimum Gasteiger partial charge on any atom is -0.485 e. The number of ether oxygens (including phenoxy) is 4. The Hall–Kier alpha value is -6.28. The van der Waals surface area contributed by atoms with Crippen LogP contribution in [0, 0.1) is 22.7 Å². The lowest BCUT2D eigenvalue weighted by Crippen LogP contribution is -2.28. The van der Waals surface area contributed by atoms with Crippen LogP contribution in [0.3, 0.4) is 0 Å². The summed E-state index contributed by atoms with van der Waals surface area (Å²) in [6.07, 6.45) is 9.01. The van der Waals surface area contributed by atoms with Crippen LogP contribution in [0.5, 0.6) is 23.0 Å². The van der Waals surface area contributed by atoms with E-state index in [0.29, 0.717) is 59.2 Å². The van der Waals surface area contributed by atoms with Gasteiger partial charge < -0.3 is 34.1 Å². The number of carboxylic acid groups (broad SMARTS) is 2. The van der Waals surface area contributed by atoms with E-state index in [4.69, 9.17) is 18.9 Å². The van der Waals surface area contributed by atoms with Crippen molar-refractivity contribution in [3.8, 4) is 45.6 Å². The average Bonchev–Trinajstić information content (AvgIpc) is 3.82. The fourth-order valence-electron chi connectivity index (χ4n) is 6.65. The number of para-hydroxylation sites is 1. The lowest BCUT2D eigenvalue weighted by Gasteiger charge is -2.29. The largest absolute Gasteiger partial charge is 0.485 e. The second-order valence-electron chi connectivity index (χ2n) is 11.7. The summed E-state index contributed by atoms with van der Waals surface area (Å²) in [6, 6.07) is 19.7. The molecule has 2 unspecified atom stereocenters. The maximum Gasteiger partial charge on any atom is 0.346 e. The molecule has 13 heteroatoms. The Kier molecular flexibility index (Phi) is 8.07. The molecule has 2 aromatic heterocycles. The van der Waals surface area contributed by atoms with Gasteiger partial charge in [0.05, 0.1) is 25.6 Å². The van der Waals surface area contributed by atoms with E-state index in [1.54, 1.807) is 12.1 Å². The van der Waals surface area contributed by atoms with Crippen LogP contribution in [0.25, 0.3) is 28.2 Å². The zero-order valence-corrected chi connectivity index (χ0v) is 28.1. The fourth-order valence-corrected chi connectivity index (χ4v) is 8.92. The van der Waals surface area contributed by atoms with Crippen LogP contribution in [0.4, 0.5) is 11.4 Å². The van der Waals surface area contributed by atoms with E-state index in [2.05, 4.69) is 41.3 Å². The Morgan fingerprint density at radius 1 is 0.784 bits per heavy atom. The van der Waals surface area contributed by atoms with Crippen LogP contribution in [-0.2, 0) is 9.59 Å². The third-order valence-corrected chi connectivity index (χ3v) is 11.1. The van der Waals surface area contributed by atoms with Gasteiger partial charge in [-0.05, 0) is 53.1 Å². The van der Waals surface area contributed by atoms with Crippen LogP contribution in [0.1, 0.15) is 26.1 Å². The normalized spacial score (nSPS) is 18.6. The van der Waals surface area contributed by atoms with Crippen LogP contribution < -0.4 is 23.8 Å². The van der Waals surface area contributed by atoms with Gasteiger partial charge in [0, 0.05) is 17.3 Å². The lowest BCUT2D eigenvalue weighted by atomic mass is 9.87. The Bertz CT molecular complexity index is 2340. The molecule has 0 spiro atoms. The molecule has 51 heavy (non-hydrogen) atoms. The third kappa shape index (κ3) is 5.49. The molecule has 2 N–H and O–H groups in total. The SMILES string of the molecule is N#C/C(=C\c1sc(C2=CC3c4cc(-c5sc(/C=C(\C#N)C(=O)O)c6c5OCCO6)ccc4N(c4ccccc4)C3C=C2)c2c1OCCO2)C(=O)O. The summed E-state index contributed by atoms with van der Waals surface area (Å²) in [6.45, 7) is 1.26. The van der Waals surface area contributed by atoms with Crippen molar-refractivity contribution in [2.75, 3.05) is 31.3 Å². The summed E-state index contributed by atoms with van der Waals surface area (Å²) < 4.78 is 24.0. The molecule has 2 atom stereocenters. The molecule has 0 amide bonds. The number of rotatable bonds is 7. The second kappa shape index (κ2) is 12.9. The van der Waals surface area contributed by atoms with Gasteiger partial charge in [-0.3, -0.25) is 0 Å². The van der Waals surface area contributed by atoms with Gasteiger partial charge in [0.1, 0.15) is 49.7 Å². The highest BCUT2D eigenvalue weighted by Gasteiger charge is 2.40. The molecule has 0 saturated heterocycles. The molecule has 4 aliphatic rings. The zero-order chi connectivity index (χ0) is 35.2. The molecule has 8 rings (SSSR count). The monoisotopic (exact) mass is 715 g/mol. The van der Waals surface area contributed by atoms with E-state index in [0.717, 1.165) is 37.8 Å². The first-order chi connectivity index (χ1) is 24.9. The Morgan fingerprint density at radius 3 is 1.94 bits per heavy atom. The molecular formula is C38H25N3O8S2. The summed E-state index contributed by atoms with van der Waals surface area (Å²) in [7, 11) is 0. The standard InChI is InChI=1S/C38H25N3O8S2/c39-18-22(37(42)43)16-29-31-33(48-12-10-46-31)35(50-29)20-6-8-27-25(14-20)26-15-21(7-9-28(26)41(27)24-4-2-1-3-5-24)36-34-32(47-11-13-49-34)30(51-36)17-23(19-40)38(44)45/h1-9,14-17,25,27H,10-13H2,(H,42,43)(H,44,45)/b22-16+,23-17+. The first-order valence-corrected chi connectivity index (χ1v) is 17.4. The van der Waals surface area contributed by atoms with Crippen LogP contribution in [-0.4, -0.2) is 54.6 Å². The van der Waals surface area contributed by atoms with Gasteiger partial charge in [-0.25, -0.2) is 9.59 Å². The van der Waals surface area contributed by atoms with Gasteiger partial charge in [-0.15, -0.1) is 22.7 Å². The molecule has 0 radical (unpaired) electrons. The van der Waals surface area contributed by atoms with Crippen LogP contribution >= 0.6 is 22.7 Å². The van der Waals surface area contributed by atoms with E-state index < -0.39 is 23.1 Å². The second-order valence-corrected chi connectivity index (χ2v) is 13.8. The van der Waals surface area contributed by atoms with Crippen molar-refractivity contribution >= 4 is 63.7 Å². The predicted molar refractivity (Wildman–Crippen MR) is 191 cm³/mol. The Labute approximate surface area is 299 Å². The van der Waals surface area contributed by atoms with Crippen molar-refractivity contribution < 1.29 is 38.7 Å².